The fourth-order valence-electron chi connectivity index (χ4n) is 1.79. The summed E-state index contributed by atoms with van der Waals surface area (Å²) < 4.78 is 11.6. The summed E-state index contributed by atoms with van der Waals surface area (Å²) in [7, 11) is 0. The van der Waals surface area contributed by atoms with Crippen LogP contribution in [-0.4, -0.2) is 6.79 Å². The number of halogens is 1. The molecule has 0 aliphatic carbocycles. The van der Waals surface area contributed by atoms with Crippen molar-refractivity contribution in [2.45, 2.75) is 6.04 Å². The lowest BCUT2D eigenvalue weighted by molar-refractivity contribution is 0.174. The maximum absolute atomic E-state index is 6.24. The van der Waals surface area contributed by atoms with Crippen LogP contribution in [0.1, 0.15) is 16.5 Å². The van der Waals surface area contributed by atoms with Crippen molar-refractivity contribution in [3.05, 3.63) is 44.6 Å². The number of hydrogen-bond donors (Lipinski definition) is 1. The molecular weight excluding hydrogens is 302 g/mol. The normalized spacial score (nSPS) is 14.9. The van der Waals surface area contributed by atoms with Crippen LogP contribution in [0.25, 0.3) is 0 Å². The van der Waals surface area contributed by atoms with Gasteiger partial charge in [-0.05, 0) is 29.1 Å². The Kier molecular flexibility index (Phi) is 2.82. The highest BCUT2D eigenvalue weighted by Gasteiger charge is 2.20. The predicted octanol–water partition coefficient (Wildman–Crippen LogP) is 3.29. The maximum Gasteiger partial charge on any atom is 0.231 e. The average Bonchev–Trinajstić information content (AvgIpc) is 2.97. The number of rotatable bonds is 2. The van der Waals surface area contributed by atoms with E-state index in [-0.39, 0.29) is 12.8 Å². The van der Waals surface area contributed by atoms with E-state index >= 15 is 0 Å². The summed E-state index contributed by atoms with van der Waals surface area (Å²) in [6.07, 6.45) is 0. The molecule has 3 nitrogen and oxygen atoms in total. The maximum atomic E-state index is 6.24. The summed E-state index contributed by atoms with van der Waals surface area (Å²) in [6, 6.07) is 7.74. The smallest absolute Gasteiger partial charge is 0.231 e. The summed E-state index contributed by atoms with van der Waals surface area (Å²) in [5.41, 5.74) is 7.25. The van der Waals surface area contributed by atoms with Crippen molar-refractivity contribution in [2.75, 3.05) is 6.79 Å². The van der Waals surface area contributed by atoms with Gasteiger partial charge in [0.05, 0.1) is 6.04 Å². The topological polar surface area (TPSA) is 44.5 Å². The minimum atomic E-state index is -0.140. The van der Waals surface area contributed by atoms with Gasteiger partial charge in [-0.2, -0.15) is 0 Å². The molecule has 0 saturated carbocycles. The van der Waals surface area contributed by atoms with Crippen molar-refractivity contribution in [3.63, 3.8) is 0 Å². The van der Waals surface area contributed by atoms with E-state index in [9.17, 15) is 0 Å². The summed E-state index contributed by atoms with van der Waals surface area (Å²) in [6.45, 7) is 0.277. The van der Waals surface area contributed by atoms with E-state index in [1.54, 1.807) is 11.3 Å². The van der Waals surface area contributed by atoms with E-state index in [1.807, 2.05) is 29.6 Å². The average molecular weight is 312 g/mol. The van der Waals surface area contributed by atoms with Crippen LogP contribution in [0.4, 0.5) is 0 Å². The van der Waals surface area contributed by atoms with Crippen molar-refractivity contribution >= 4 is 27.3 Å². The van der Waals surface area contributed by atoms with E-state index in [4.69, 9.17) is 15.2 Å². The van der Waals surface area contributed by atoms with Gasteiger partial charge in [0, 0.05) is 9.35 Å². The van der Waals surface area contributed by atoms with Crippen LogP contribution >= 0.6 is 27.3 Å². The van der Waals surface area contributed by atoms with Gasteiger partial charge in [-0.1, -0.05) is 22.0 Å². The molecule has 1 atom stereocenters. The lowest BCUT2D eigenvalue weighted by Crippen LogP contribution is -2.10. The van der Waals surface area contributed by atoms with E-state index < -0.39 is 0 Å². The largest absolute Gasteiger partial charge is 0.454 e. The van der Waals surface area contributed by atoms with E-state index in [1.165, 1.54) is 0 Å². The van der Waals surface area contributed by atoms with Crippen molar-refractivity contribution in [1.29, 1.82) is 0 Å². The Morgan fingerprint density at radius 2 is 2.06 bits per heavy atom. The molecule has 1 aromatic heterocycles. The zero-order valence-corrected chi connectivity index (χ0v) is 11.3. The van der Waals surface area contributed by atoms with Crippen molar-refractivity contribution in [3.8, 4) is 11.5 Å². The minimum Gasteiger partial charge on any atom is -0.454 e. The standard InChI is InChI=1S/C12H10BrNO2S/c13-8-5-10-9(15-6-16-10)4-7(8)12(14)11-2-1-3-17-11/h1-5,12H,6,14H2/t12-/m1/s1. The first-order valence-corrected chi connectivity index (χ1v) is 6.81. The Morgan fingerprint density at radius 3 is 2.76 bits per heavy atom. The zero-order chi connectivity index (χ0) is 11.8. The fraction of sp³-hybridized carbons (Fsp3) is 0.167. The third kappa shape index (κ3) is 1.94. The molecule has 1 aliphatic heterocycles. The molecule has 2 heterocycles. The van der Waals surface area contributed by atoms with Gasteiger partial charge in [0.15, 0.2) is 11.5 Å². The first-order valence-electron chi connectivity index (χ1n) is 5.14. The summed E-state index contributed by atoms with van der Waals surface area (Å²) in [5.74, 6) is 1.52. The second-order valence-corrected chi connectivity index (χ2v) is 5.55. The summed E-state index contributed by atoms with van der Waals surface area (Å²) >= 11 is 5.18. The molecule has 88 valence electrons. The van der Waals surface area contributed by atoms with Crippen molar-refractivity contribution in [1.82, 2.24) is 0 Å². The number of fused-ring (bicyclic) bond motifs is 1. The highest BCUT2D eigenvalue weighted by molar-refractivity contribution is 9.10. The Bertz CT molecular complexity index is 542. The van der Waals surface area contributed by atoms with Crippen LogP contribution in [0.5, 0.6) is 11.5 Å². The lowest BCUT2D eigenvalue weighted by Gasteiger charge is -2.13. The molecule has 0 radical (unpaired) electrons. The number of nitrogens with two attached hydrogens (primary N) is 1. The van der Waals surface area contributed by atoms with Gasteiger partial charge in [-0.3, -0.25) is 0 Å². The number of benzene rings is 1. The molecule has 5 heteroatoms. The Labute approximate surface area is 111 Å². The van der Waals surface area contributed by atoms with Crippen LogP contribution in [-0.2, 0) is 0 Å². The van der Waals surface area contributed by atoms with Crippen LogP contribution in [0.2, 0.25) is 0 Å². The van der Waals surface area contributed by atoms with Crippen LogP contribution in [0.15, 0.2) is 34.1 Å². The SMILES string of the molecule is N[C@@H](c1cccs1)c1cc2c(cc1Br)OCO2. The Hall–Kier alpha value is -1.04. The van der Waals surface area contributed by atoms with Crippen LogP contribution < -0.4 is 15.2 Å². The monoisotopic (exact) mass is 311 g/mol. The Balaban J connectivity index is 2.03. The van der Waals surface area contributed by atoms with E-state index in [2.05, 4.69) is 15.9 Å². The number of hydrogen-bond acceptors (Lipinski definition) is 4. The van der Waals surface area contributed by atoms with Gasteiger partial charge < -0.3 is 15.2 Å². The molecule has 0 bridgehead atoms. The van der Waals surface area contributed by atoms with Crippen molar-refractivity contribution in [2.24, 2.45) is 5.73 Å². The molecule has 0 amide bonds. The second kappa shape index (κ2) is 4.33. The van der Waals surface area contributed by atoms with Gasteiger partial charge in [0.25, 0.3) is 0 Å². The third-order valence-corrected chi connectivity index (χ3v) is 4.32. The molecule has 2 aromatic rings. The highest BCUT2D eigenvalue weighted by atomic mass is 79.9. The second-order valence-electron chi connectivity index (χ2n) is 3.72. The molecule has 0 saturated heterocycles. The summed E-state index contributed by atoms with van der Waals surface area (Å²) in [5, 5.41) is 2.02. The zero-order valence-electron chi connectivity index (χ0n) is 8.85. The molecule has 17 heavy (non-hydrogen) atoms. The molecule has 1 aromatic carbocycles. The lowest BCUT2D eigenvalue weighted by atomic mass is 10.1. The predicted molar refractivity (Wildman–Crippen MR) is 70.6 cm³/mol. The molecule has 3 rings (SSSR count). The van der Waals surface area contributed by atoms with Gasteiger partial charge >= 0.3 is 0 Å². The van der Waals surface area contributed by atoms with E-state index in [0.29, 0.717) is 0 Å². The van der Waals surface area contributed by atoms with Crippen LogP contribution in [0, 0.1) is 0 Å². The highest BCUT2D eigenvalue weighted by Crippen LogP contribution is 2.40. The molecule has 2 N–H and O–H groups in total. The minimum absolute atomic E-state index is 0.140. The van der Waals surface area contributed by atoms with Gasteiger partial charge in [-0.25, -0.2) is 0 Å². The fourth-order valence-corrected chi connectivity index (χ4v) is 3.11. The first kappa shape index (κ1) is 11.1. The van der Waals surface area contributed by atoms with Gasteiger partial charge in [0.2, 0.25) is 6.79 Å². The van der Waals surface area contributed by atoms with Gasteiger partial charge in [-0.15, -0.1) is 11.3 Å². The quantitative estimate of drug-likeness (QED) is 0.925. The van der Waals surface area contributed by atoms with Crippen molar-refractivity contribution < 1.29 is 9.47 Å². The molecular formula is C12H10BrNO2S. The molecule has 0 unspecified atom stereocenters. The summed E-state index contributed by atoms with van der Waals surface area (Å²) in [4.78, 5) is 1.13. The first-order chi connectivity index (χ1) is 8.25. The number of thiophene rings is 1. The third-order valence-electron chi connectivity index (χ3n) is 2.68. The number of ether oxygens (including phenoxy) is 2. The van der Waals surface area contributed by atoms with Crippen LogP contribution in [0.3, 0.4) is 0 Å². The molecule has 0 fully saturated rings. The Morgan fingerprint density at radius 1 is 1.29 bits per heavy atom. The van der Waals surface area contributed by atoms with Gasteiger partial charge in [0.1, 0.15) is 0 Å². The molecule has 1 aliphatic rings. The molecule has 0 spiro atoms. The van der Waals surface area contributed by atoms with E-state index in [0.717, 1.165) is 26.4 Å².